The summed E-state index contributed by atoms with van der Waals surface area (Å²) in [6.45, 7) is 0.617. The second kappa shape index (κ2) is 12.7. The standard InChI is InChI=1S/C21H22N6O7/c1-2-15-11-17(34-19(28)16-5-3-7-24-13-16)12-21(27(30)31,14-32-10-8-25-26-23)18(15)20(29)33-9-4-6-22/h3,5,7,12-13H,2,4,8-11,14H2,1H3. The van der Waals surface area contributed by atoms with Crippen LogP contribution in [0.1, 0.15) is 36.5 Å². The van der Waals surface area contributed by atoms with E-state index >= 15 is 0 Å². The summed E-state index contributed by atoms with van der Waals surface area (Å²) in [6, 6.07) is 4.84. The number of esters is 2. The van der Waals surface area contributed by atoms with Gasteiger partial charge in [0.25, 0.3) is 5.54 Å². The van der Waals surface area contributed by atoms with Crippen molar-refractivity contribution >= 4 is 11.9 Å². The third-order valence-electron chi connectivity index (χ3n) is 4.82. The maximum atomic E-state index is 12.9. The van der Waals surface area contributed by atoms with Gasteiger partial charge in [0.2, 0.25) is 0 Å². The van der Waals surface area contributed by atoms with Gasteiger partial charge in [-0.15, -0.1) is 0 Å². The number of nitro groups is 1. The molecule has 0 amide bonds. The summed E-state index contributed by atoms with van der Waals surface area (Å²) < 4.78 is 15.9. The first-order chi connectivity index (χ1) is 16.4. The van der Waals surface area contributed by atoms with Crippen molar-refractivity contribution < 1.29 is 28.7 Å². The van der Waals surface area contributed by atoms with Crippen LogP contribution in [0.2, 0.25) is 0 Å². The predicted octanol–water partition coefficient (Wildman–Crippen LogP) is 3.03. The normalized spacial score (nSPS) is 17.1. The summed E-state index contributed by atoms with van der Waals surface area (Å²) in [5.41, 5.74) is 6.39. The number of carbonyl (C=O) groups excluding carboxylic acids is 2. The van der Waals surface area contributed by atoms with Gasteiger partial charge < -0.3 is 14.2 Å². The third-order valence-corrected chi connectivity index (χ3v) is 4.82. The van der Waals surface area contributed by atoms with Crippen molar-refractivity contribution in [3.05, 3.63) is 73.6 Å². The molecule has 0 bridgehead atoms. The van der Waals surface area contributed by atoms with Gasteiger partial charge in [-0.3, -0.25) is 15.1 Å². The lowest BCUT2D eigenvalue weighted by atomic mass is 9.80. The van der Waals surface area contributed by atoms with E-state index in [-0.39, 0.29) is 55.9 Å². The molecule has 2 rings (SSSR count). The number of allylic oxidation sites excluding steroid dienone is 1. The summed E-state index contributed by atoms with van der Waals surface area (Å²) in [6.07, 6.45) is 3.93. The Bertz CT molecular complexity index is 1070. The number of pyridine rings is 1. The number of hydrogen-bond donors (Lipinski definition) is 0. The number of rotatable bonds is 12. The van der Waals surface area contributed by atoms with Crippen LogP contribution in [0.15, 0.2) is 52.6 Å². The molecule has 1 heterocycles. The number of aromatic nitrogens is 1. The van der Waals surface area contributed by atoms with Gasteiger partial charge >= 0.3 is 11.9 Å². The van der Waals surface area contributed by atoms with Crippen molar-refractivity contribution in [1.82, 2.24) is 4.98 Å². The molecule has 13 heteroatoms. The molecule has 1 aromatic heterocycles. The minimum absolute atomic E-state index is 0.0328. The first kappa shape index (κ1) is 26.0. The minimum Gasteiger partial charge on any atom is -0.461 e. The zero-order valence-electron chi connectivity index (χ0n) is 18.4. The Balaban J connectivity index is 2.46. The topological polar surface area (TPSA) is 190 Å². The van der Waals surface area contributed by atoms with Crippen LogP contribution in [0.25, 0.3) is 10.4 Å². The molecule has 1 atom stereocenters. The number of nitriles is 1. The van der Waals surface area contributed by atoms with Crippen LogP contribution < -0.4 is 0 Å². The number of carbonyl (C=O) groups is 2. The molecule has 0 aliphatic heterocycles. The lowest BCUT2D eigenvalue weighted by Gasteiger charge is -2.30. The lowest BCUT2D eigenvalue weighted by Crippen LogP contribution is -2.49. The average Bonchev–Trinajstić information content (AvgIpc) is 2.83. The maximum absolute atomic E-state index is 12.9. The summed E-state index contributed by atoms with van der Waals surface area (Å²) in [4.78, 5) is 43.5. The Morgan fingerprint density at radius 1 is 1.41 bits per heavy atom. The van der Waals surface area contributed by atoms with E-state index in [0.717, 1.165) is 6.08 Å². The molecule has 1 aliphatic rings. The van der Waals surface area contributed by atoms with Crippen LogP contribution in [0.5, 0.6) is 0 Å². The Labute approximate surface area is 194 Å². The lowest BCUT2D eigenvalue weighted by molar-refractivity contribution is -0.547. The molecule has 0 fully saturated rings. The van der Waals surface area contributed by atoms with Crippen molar-refractivity contribution in [2.45, 2.75) is 31.7 Å². The van der Waals surface area contributed by atoms with Crippen LogP contribution in [0.4, 0.5) is 0 Å². The first-order valence-electron chi connectivity index (χ1n) is 10.2. The molecule has 1 aromatic rings. The highest BCUT2D eigenvalue weighted by Crippen LogP contribution is 2.38. The van der Waals surface area contributed by atoms with E-state index in [1.54, 1.807) is 6.92 Å². The number of azide groups is 1. The van der Waals surface area contributed by atoms with Crippen molar-refractivity contribution in [1.29, 1.82) is 5.26 Å². The van der Waals surface area contributed by atoms with Crippen LogP contribution in [-0.4, -0.2) is 53.8 Å². The summed E-state index contributed by atoms with van der Waals surface area (Å²) >= 11 is 0. The van der Waals surface area contributed by atoms with E-state index in [1.807, 2.05) is 6.07 Å². The van der Waals surface area contributed by atoms with E-state index in [0.29, 0.717) is 5.57 Å². The molecule has 0 spiro atoms. The van der Waals surface area contributed by atoms with Gasteiger partial charge in [0.1, 0.15) is 24.5 Å². The zero-order chi connectivity index (χ0) is 25.0. The Kier molecular flexibility index (Phi) is 9.70. The number of nitrogens with zero attached hydrogens (tertiary/aromatic N) is 6. The first-order valence-corrected chi connectivity index (χ1v) is 10.2. The molecule has 178 valence electrons. The van der Waals surface area contributed by atoms with Crippen LogP contribution in [0.3, 0.4) is 0 Å². The van der Waals surface area contributed by atoms with Crippen molar-refractivity contribution in [2.24, 2.45) is 5.11 Å². The fourth-order valence-electron chi connectivity index (χ4n) is 3.29. The van der Waals surface area contributed by atoms with Crippen LogP contribution in [-0.2, 0) is 19.0 Å². The molecule has 0 saturated heterocycles. The smallest absolute Gasteiger partial charge is 0.344 e. The quantitative estimate of drug-likeness (QED) is 0.0840. The zero-order valence-corrected chi connectivity index (χ0v) is 18.4. The fraction of sp³-hybridized carbons (Fsp3) is 0.429. The number of ether oxygens (including phenoxy) is 3. The molecular formula is C21H22N6O7. The summed E-state index contributed by atoms with van der Waals surface area (Å²) in [5.74, 6) is -1.76. The van der Waals surface area contributed by atoms with Gasteiger partial charge in [-0.2, -0.15) is 5.26 Å². The highest BCUT2D eigenvalue weighted by atomic mass is 16.6. The second-order valence-corrected chi connectivity index (χ2v) is 6.98. The Morgan fingerprint density at radius 3 is 2.82 bits per heavy atom. The summed E-state index contributed by atoms with van der Waals surface area (Å²) in [5, 5.41) is 24.4. The largest absolute Gasteiger partial charge is 0.461 e. The maximum Gasteiger partial charge on any atom is 0.344 e. The molecule has 0 saturated carbocycles. The SMILES string of the molecule is CCC1=C(C(=O)OCCC#N)C(COCCN=[N+]=[N-])([N+](=O)[O-])C=C(OC(=O)c2cccnc2)C1. The van der Waals surface area contributed by atoms with Gasteiger partial charge in [-0.05, 0) is 29.7 Å². The van der Waals surface area contributed by atoms with Crippen molar-refractivity contribution in [2.75, 3.05) is 26.4 Å². The van der Waals surface area contributed by atoms with E-state index < -0.39 is 29.0 Å². The molecule has 0 aromatic carbocycles. The fourth-order valence-corrected chi connectivity index (χ4v) is 3.29. The molecular weight excluding hydrogens is 448 g/mol. The monoisotopic (exact) mass is 470 g/mol. The van der Waals surface area contributed by atoms with E-state index in [4.69, 9.17) is 25.0 Å². The minimum atomic E-state index is -2.23. The average molecular weight is 470 g/mol. The van der Waals surface area contributed by atoms with Gasteiger partial charge in [0.15, 0.2) is 0 Å². The highest BCUT2D eigenvalue weighted by molar-refractivity contribution is 5.93. The molecule has 34 heavy (non-hydrogen) atoms. The van der Waals surface area contributed by atoms with Crippen molar-refractivity contribution in [3.63, 3.8) is 0 Å². The molecule has 0 N–H and O–H groups in total. The van der Waals surface area contributed by atoms with Crippen molar-refractivity contribution in [3.8, 4) is 6.07 Å². The molecule has 1 aliphatic carbocycles. The molecule has 1 unspecified atom stereocenters. The highest BCUT2D eigenvalue weighted by Gasteiger charge is 2.53. The number of hydrogen-bond acceptors (Lipinski definition) is 10. The van der Waals surface area contributed by atoms with E-state index in [9.17, 15) is 19.7 Å². The Morgan fingerprint density at radius 2 is 2.21 bits per heavy atom. The Hall–Kier alpha value is -4.27. The molecule has 0 radical (unpaired) electrons. The van der Waals surface area contributed by atoms with E-state index in [2.05, 4.69) is 15.0 Å². The van der Waals surface area contributed by atoms with Gasteiger partial charge in [-0.1, -0.05) is 12.0 Å². The predicted molar refractivity (Wildman–Crippen MR) is 115 cm³/mol. The van der Waals surface area contributed by atoms with Gasteiger partial charge in [0.05, 0.1) is 24.7 Å². The third kappa shape index (κ3) is 6.38. The second-order valence-electron chi connectivity index (χ2n) is 6.98. The molecule has 13 nitrogen and oxygen atoms in total. The summed E-state index contributed by atoms with van der Waals surface area (Å²) in [7, 11) is 0. The van der Waals surface area contributed by atoms with Crippen LogP contribution in [0, 0.1) is 21.4 Å². The van der Waals surface area contributed by atoms with Crippen LogP contribution >= 0.6 is 0 Å². The van der Waals surface area contributed by atoms with Gasteiger partial charge in [-0.25, -0.2) is 9.59 Å². The van der Waals surface area contributed by atoms with Gasteiger partial charge in [0, 0.05) is 41.3 Å². The van der Waals surface area contributed by atoms with E-state index in [1.165, 1.54) is 24.5 Å².